The fourth-order valence-electron chi connectivity index (χ4n) is 3.42. The summed E-state index contributed by atoms with van der Waals surface area (Å²) in [7, 11) is 0. The van der Waals surface area contributed by atoms with Crippen LogP contribution in [0.2, 0.25) is 0 Å². The highest BCUT2D eigenvalue weighted by Gasteiger charge is 2.27. The normalized spacial score (nSPS) is 16.9. The molecule has 0 aromatic heterocycles. The zero-order valence-corrected chi connectivity index (χ0v) is 15.0. The lowest BCUT2D eigenvalue weighted by Gasteiger charge is -2.37. The van der Waals surface area contributed by atoms with Gasteiger partial charge >= 0.3 is 0 Å². The van der Waals surface area contributed by atoms with Gasteiger partial charge < -0.3 is 15.1 Å². The number of hydrogen-bond acceptors (Lipinski definition) is 5. The number of para-hydroxylation sites is 1. The number of nitrogens with zero attached hydrogens (tertiary/aromatic N) is 3. The standard InChI is InChI=1S/C20H22N4O3/c25-20(21-16-7-8-16)15-6-9-18(19(14-15)24(26)27)23-12-10-22(11-13-23)17-4-2-1-3-5-17/h1-6,9,14,16H,7-8,10-13H2,(H,21,25). The quantitative estimate of drug-likeness (QED) is 0.650. The number of rotatable bonds is 5. The number of carbonyl (C=O) groups excluding carboxylic acids is 1. The molecule has 0 spiro atoms. The van der Waals surface area contributed by atoms with Crippen LogP contribution >= 0.6 is 0 Å². The first-order chi connectivity index (χ1) is 13.1. The van der Waals surface area contributed by atoms with E-state index in [1.807, 2.05) is 23.1 Å². The molecule has 0 bridgehead atoms. The summed E-state index contributed by atoms with van der Waals surface area (Å²) in [4.78, 5) is 27.7. The lowest BCUT2D eigenvalue weighted by molar-refractivity contribution is -0.384. The van der Waals surface area contributed by atoms with Gasteiger partial charge in [0.1, 0.15) is 5.69 Å². The van der Waals surface area contributed by atoms with Gasteiger partial charge in [-0.05, 0) is 37.1 Å². The fourth-order valence-corrected chi connectivity index (χ4v) is 3.42. The summed E-state index contributed by atoms with van der Waals surface area (Å²) in [6.07, 6.45) is 1.97. The van der Waals surface area contributed by atoms with Crippen LogP contribution in [0, 0.1) is 10.1 Å². The van der Waals surface area contributed by atoms with Crippen molar-refractivity contribution in [1.82, 2.24) is 5.32 Å². The van der Waals surface area contributed by atoms with Crippen LogP contribution < -0.4 is 15.1 Å². The molecule has 0 radical (unpaired) electrons. The minimum atomic E-state index is -0.396. The highest BCUT2D eigenvalue weighted by molar-refractivity contribution is 5.96. The fraction of sp³-hybridized carbons (Fsp3) is 0.350. The van der Waals surface area contributed by atoms with Crippen LogP contribution in [0.5, 0.6) is 0 Å². The average Bonchev–Trinajstić information content (AvgIpc) is 3.52. The Morgan fingerprint density at radius 1 is 1.00 bits per heavy atom. The molecule has 1 heterocycles. The van der Waals surface area contributed by atoms with E-state index < -0.39 is 4.92 Å². The topological polar surface area (TPSA) is 78.7 Å². The molecular weight excluding hydrogens is 344 g/mol. The number of nitro groups is 1. The Morgan fingerprint density at radius 2 is 1.67 bits per heavy atom. The van der Waals surface area contributed by atoms with E-state index in [0.717, 1.165) is 25.9 Å². The second-order valence-corrected chi connectivity index (χ2v) is 7.02. The summed E-state index contributed by atoms with van der Waals surface area (Å²) < 4.78 is 0. The summed E-state index contributed by atoms with van der Waals surface area (Å²) in [6.45, 7) is 2.99. The van der Waals surface area contributed by atoms with Gasteiger partial charge in [-0.3, -0.25) is 14.9 Å². The van der Waals surface area contributed by atoms with Crippen molar-refractivity contribution >= 4 is 23.0 Å². The number of hydrogen-bond donors (Lipinski definition) is 1. The molecule has 7 heteroatoms. The number of amides is 1. The van der Waals surface area contributed by atoms with Crippen molar-refractivity contribution in [3.8, 4) is 0 Å². The van der Waals surface area contributed by atoms with Gasteiger partial charge in [0.05, 0.1) is 4.92 Å². The molecule has 2 aromatic rings. The molecule has 2 aliphatic rings. The maximum atomic E-state index is 12.2. The minimum Gasteiger partial charge on any atom is -0.368 e. The van der Waals surface area contributed by atoms with Crippen LogP contribution in [-0.2, 0) is 0 Å². The zero-order chi connectivity index (χ0) is 18.8. The summed E-state index contributed by atoms with van der Waals surface area (Å²) in [5, 5.41) is 14.5. The largest absolute Gasteiger partial charge is 0.368 e. The Morgan fingerprint density at radius 3 is 2.30 bits per heavy atom. The summed E-state index contributed by atoms with van der Waals surface area (Å²) in [5.74, 6) is -0.235. The average molecular weight is 366 g/mol. The van der Waals surface area contributed by atoms with Crippen molar-refractivity contribution in [3.63, 3.8) is 0 Å². The van der Waals surface area contributed by atoms with Gasteiger partial charge in [0.25, 0.3) is 11.6 Å². The number of carbonyl (C=O) groups is 1. The van der Waals surface area contributed by atoms with Crippen LogP contribution in [-0.4, -0.2) is 43.1 Å². The summed E-state index contributed by atoms with van der Waals surface area (Å²) >= 11 is 0. The molecule has 7 nitrogen and oxygen atoms in total. The van der Waals surface area contributed by atoms with Crippen LogP contribution in [0.3, 0.4) is 0 Å². The van der Waals surface area contributed by atoms with Gasteiger partial charge in [-0.1, -0.05) is 18.2 Å². The van der Waals surface area contributed by atoms with Crippen molar-refractivity contribution in [2.24, 2.45) is 0 Å². The van der Waals surface area contributed by atoms with Crippen LogP contribution in [0.1, 0.15) is 23.2 Å². The zero-order valence-electron chi connectivity index (χ0n) is 15.0. The van der Waals surface area contributed by atoms with E-state index in [1.165, 1.54) is 11.8 Å². The Labute approximate surface area is 157 Å². The lowest BCUT2D eigenvalue weighted by atomic mass is 10.1. The molecule has 27 heavy (non-hydrogen) atoms. The summed E-state index contributed by atoms with van der Waals surface area (Å²) in [5.41, 5.74) is 2.08. The number of nitrogens with one attached hydrogen (secondary N) is 1. The Balaban J connectivity index is 1.49. The van der Waals surface area contributed by atoms with Gasteiger partial charge in [0.15, 0.2) is 0 Å². The first kappa shape index (κ1) is 17.3. The van der Waals surface area contributed by atoms with Gasteiger partial charge in [0, 0.05) is 49.5 Å². The molecule has 2 fully saturated rings. The molecule has 140 valence electrons. The number of piperazine rings is 1. The van der Waals surface area contributed by atoms with Gasteiger partial charge in [-0.2, -0.15) is 0 Å². The molecule has 1 amide bonds. The van der Waals surface area contributed by atoms with Crippen LogP contribution in [0.4, 0.5) is 17.1 Å². The van der Waals surface area contributed by atoms with Gasteiger partial charge in [-0.15, -0.1) is 0 Å². The smallest absolute Gasteiger partial charge is 0.293 e. The third kappa shape index (κ3) is 3.86. The minimum absolute atomic E-state index is 0.00777. The number of benzene rings is 2. The maximum absolute atomic E-state index is 12.2. The molecule has 1 N–H and O–H groups in total. The molecule has 1 saturated heterocycles. The van der Waals surface area contributed by atoms with Crippen molar-refractivity contribution in [3.05, 3.63) is 64.2 Å². The Hall–Kier alpha value is -3.09. The highest BCUT2D eigenvalue weighted by atomic mass is 16.6. The molecular formula is C20H22N4O3. The van der Waals surface area contributed by atoms with E-state index in [1.54, 1.807) is 12.1 Å². The third-order valence-corrected chi connectivity index (χ3v) is 5.09. The first-order valence-corrected chi connectivity index (χ1v) is 9.26. The molecule has 0 unspecified atom stereocenters. The molecule has 1 aliphatic heterocycles. The maximum Gasteiger partial charge on any atom is 0.293 e. The van der Waals surface area contributed by atoms with Crippen molar-refractivity contribution < 1.29 is 9.72 Å². The summed E-state index contributed by atoms with van der Waals surface area (Å²) in [6, 6.07) is 15.2. The van der Waals surface area contributed by atoms with Gasteiger partial charge in [-0.25, -0.2) is 0 Å². The molecule has 0 atom stereocenters. The predicted molar refractivity (Wildman–Crippen MR) is 104 cm³/mol. The van der Waals surface area contributed by atoms with E-state index in [-0.39, 0.29) is 17.6 Å². The molecule has 4 rings (SSSR count). The Bertz CT molecular complexity index is 844. The van der Waals surface area contributed by atoms with E-state index in [0.29, 0.717) is 24.3 Å². The van der Waals surface area contributed by atoms with Gasteiger partial charge in [0.2, 0.25) is 0 Å². The monoisotopic (exact) mass is 366 g/mol. The number of nitro benzene ring substituents is 1. The van der Waals surface area contributed by atoms with Crippen LogP contribution in [0.15, 0.2) is 48.5 Å². The highest BCUT2D eigenvalue weighted by Crippen LogP contribution is 2.31. The molecule has 2 aromatic carbocycles. The van der Waals surface area contributed by atoms with E-state index in [4.69, 9.17) is 0 Å². The predicted octanol–water partition coefficient (Wildman–Crippen LogP) is 2.81. The second kappa shape index (κ2) is 7.26. The van der Waals surface area contributed by atoms with E-state index in [9.17, 15) is 14.9 Å². The van der Waals surface area contributed by atoms with E-state index in [2.05, 4.69) is 22.3 Å². The second-order valence-electron chi connectivity index (χ2n) is 7.02. The van der Waals surface area contributed by atoms with Crippen molar-refractivity contribution in [2.45, 2.75) is 18.9 Å². The molecule has 1 saturated carbocycles. The van der Waals surface area contributed by atoms with E-state index >= 15 is 0 Å². The van der Waals surface area contributed by atoms with Crippen LogP contribution in [0.25, 0.3) is 0 Å². The first-order valence-electron chi connectivity index (χ1n) is 9.26. The SMILES string of the molecule is O=C(NC1CC1)c1ccc(N2CCN(c3ccccc3)CC2)c([N+](=O)[O-])c1. The Kier molecular flexibility index (Phi) is 4.66. The lowest BCUT2D eigenvalue weighted by Crippen LogP contribution is -2.46. The molecule has 1 aliphatic carbocycles. The van der Waals surface area contributed by atoms with Crippen molar-refractivity contribution in [1.29, 1.82) is 0 Å². The van der Waals surface area contributed by atoms with Crippen molar-refractivity contribution in [2.75, 3.05) is 36.0 Å². The third-order valence-electron chi connectivity index (χ3n) is 5.09. The number of anilines is 2.